The van der Waals surface area contributed by atoms with Gasteiger partial charge >= 0.3 is 0 Å². The Hall–Kier alpha value is -1.65. The van der Waals surface area contributed by atoms with Crippen molar-refractivity contribution < 1.29 is 19.7 Å². The number of rotatable bonds is 14. The van der Waals surface area contributed by atoms with Crippen molar-refractivity contribution >= 4 is 6.47 Å². The molecule has 0 aromatic heterocycles. The van der Waals surface area contributed by atoms with Crippen LogP contribution in [0.4, 0.5) is 0 Å². The molecule has 1 aliphatic rings. The molecular formula is C25H44O4. The maximum atomic E-state index is 9.49. The van der Waals surface area contributed by atoms with Crippen LogP contribution in [0.1, 0.15) is 84.0 Å². The van der Waals surface area contributed by atoms with Gasteiger partial charge in [-0.25, -0.2) is 0 Å². The van der Waals surface area contributed by atoms with Gasteiger partial charge in [-0.05, 0) is 32.1 Å². The average Bonchev–Trinajstić information content (AvgIpc) is 3.33. The average molecular weight is 409 g/mol. The van der Waals surface area contributed by atoms with Crippen LogP contribution in [0.5, 0.6) is 0 Å². The summed E-state index contributed by atoms with van der Waals surface area (Å²) in [5.41, 5.74) is 0. The molecule has 0 atom stereocenters. The summed E-state index contributed by atoms with van der Waals surface area (Å²) in [5.74, 6) is 0. The third-order valence-corrected chi connectivity index (χ3v) is 4.23. The van der Waals surface area contributed by atoms with Crippen LogP contribution in [-0.4, -0.2) is 36.0 Å². The summed E-state index contributed by atoms with van der Waals surface area (Å²) in [6, 6.07) is 0. The number of hydrogen-bond acceptors (Lipinski definition) is 4. The highest BCUT2D eigenvalue weighted by atomic mass is 16.5. The number of carbonyl (C=O) groups excluding carboxylic acids is 1. The van der Waals surface area contributed by atoms with Gasteiger partial charge in [-0.1, -0.05) is 94.4 Å². The summed E-state index contributed by atoms with van der Waals surface area (Å²) >= 11 is 0. The fourth-order valence-electron chi connectivity index (χ4n) is 2.47. The number of hydrogen-bond donors (Lipinski definition) is 2. The van der Waals surface area contributed by atoms with Gasteiger partial charge < -0.3 is 14.9 Å². The molecule has 1 rings (SSSR count). The predicted molar refractivity (Wildman–Crippen MR) is 124 cm³/mol. The highest BCUT2D eigenvalue weighted by Crippen LogP contribution is 2.15. The maximum Gasteiger partial charge on any atom is 0.293 e. The monoisotopic (exact) mass is 408 g/mol. The lowest BCUT2D eigenvalue weighted by molar-refractivity contribution is -0.137. The van der Waals surface area contributed by atoms with Crippen LogP contribution >= 0.6 is 0 Å². The van der Waals surface area contributed by atoms with Crippen LogP contribution in [0.25, 0.3) is 0 Å². The van der Waals surface area contributed by atoms with E-state index in [-0.39, 0.29) is 19.7 Å². The SMILES string of the molecule is C1CCCC1.C=CC/C=C\C/C=C\C/C=C\CCCCC.O=COC(CO)CO. The molecule has 0 spiro atoms. The van der Waals surface area contributed by atoms with Gasteiger partial charge in [0.1, 0.15) is 6.10 Å². The molecule has 0 aliphatic heterocycles. The zero-order valence-electron chi connectivity index (χ0n) is 18.5. The highest BCUT2D eigenvalue weighted by Gasteiger charge is 2.02. The number of aliphatic hydroxyl groups is 2. The van der Waals surface area contributed by atoms with E-state index in [1.807, 2.05) is 6.08 Å². The zero-order chi connectivity index (χ0) is 21.8. The quantitative estimate of drug-likeness (QED) is 0.208. The Morgan fingerprint density at radius 1 is 0.828 bits per heavy atom. The van der Waals surface area contributed by atoms with E-state index in [1.54, 1.807) is 0 Å². The molecule has 4 heteroatoms. The Kier molecular flexibility index (Phi) is 29.1. The molecule has 0 amide bonds. The molecule has 4 nitrogen and oxygen atoms in total. The number of carbonyl (C=O) groups is 1. The van der Waals surface area contributed by atoms with E-state index in [4.69, 9.17) is 10.2 Å². The minimum atomic E-state index is -0.757. The molecule has 1 fully saturated rings. The minimum Gasteiger partial charge on any atom is -0.460 e. The molecule has 0 aromatic carbocycles. The summed E-state index contributed by atoms with van der Waals surface area (Å²) in [6.07, 6.45) is 30.3. The lowest BCUT2D eigenvalue weighted by Gasteiger charge is -2.05. The minimum absolute atomic E-state index is 0.192. The first kappa shape index (κ1) is 29.6. The third kappa shape index (κ3) is 28.7. The van der Waals surface area contributed by atoms with E-state index < -0.39 is 6.10 Å². The first-order valence-corrected chi connectivity index (χ1v) is 11.1. The van der Waals surface area contributed by atoms with E-state index in [0.717, 1.165) is 19.3 Å². The molecule has 0 unspecified atom stereocenters. The molecule has 168 valence electrons. The molecule has 0 bridgehead atoms. The zero-order valence-corrected chi connectivity index (χ0v) is 18.5. The number of allylic oxidation sites excluding steroid dienone is 7. The normalized spacial score (nSPS) is 13.4. The lowest BCUT2D eigenvalue weighted by Crippen LogP contribution is -2.20. The maximum absolute atomic E-state index is 9.49. The van der Waals surface area contributed by atoms with Crippen LogP contribution in [0.3, 0.4) is 0 Å². The van der Waals surface area contributed by atoms with Gasteiger partial charge in [-0.2, -0.15) is 0 Å². The van der Waals surface area contributed by atoms with Crippen molar-refractivity contribution in [1.29, 1.82) is 0 Å². The second-order valence-electron chi connectivity index (χ2n) is 6.89. The smallest absolute Gasteiger partial charge is 0.293 e. The third-order valence-electron chi connectivity index (χ3n) is 4.23. The van der Waals surface area contributed by atoms with E-state index in [0.29, 0.717) is 0 Å². The van der Waals surface area contributed by atoms with Crippen molar-refractivity contribution in [2.75, 3.05) is 13.2 Å². The standard InChI is InChI=1S/C16H26.C5H10.C4H8O4/c1-3-5-7-9-11-13-15-16-14-12-10-8-6-4-2;1-2-4-5-3-1;5-1-4(2-6)8-3-7/h3,7,9,12-15H,1,4-6,8,10-11,16H2,2H3;1-5H2;3-6H,1-2H2/b9-7-,14-12-,15-13-;;. The van der Waals surface area contributed by atoms with Crippen LogP contribution < -0.4 is 0 Å². The van der Waals surface area contributed by atoms with E-state index >= 15 is 0 Å². The van der Waals surface area contributed by atoms with Gasteiger partial charge in [0.2, 0.25) is 0 Å². The molecule has 0 radical (unpaired) electrons. The topological polar surface area (TPSA) is 66.8 Å². The summed E-state index contributed by atoms with van der Waals surface area (Å²) in [7, 11) is 0. The number of ether oxygens (including phenoxy) is 1. The van der Waals surface area contributed by atoms with E-state index in [9.17, 15) is 4.79 Å². The fraction of sp³-hybridized carbons (Fsp3) is 0.640. The predicted octanol–water partition coefficient (Wildman–Crippen LogP) is 6.05. The molecular weight excluding hydrogens is 364 g/mol. The van der Waals surface area contributed by atoms with Gasteiger partial charge in [-0.15, -0.1) is 6.58 Å². The van der Waals surface area contributed by atoms with Crippen molar-refractivity contribution in [1.82, 2.24) is 0 Å². The Labute approximate surface area is 179 Å². The molecule has 0 aromatic rings. The van der Waals surface area contributed by atoms with Crippen LogP contribution in [0, 0.1) is 0 Å². The van der Waals surface area contributed by atoms with Crippen LogP contribution in [0.15, 0.2) is 49.1 Å². The first-order chi connectivity index (χ1) is 14.3. The fourth-order valence-corrected chi connectivity index (χ4v) is 2.47. The summed E-state index contributed by atoms with van der Waals surface area (Å²) < 4.78 is 4.16. The van der Waals surface area contributed by atoms with E-state index in [1.165, 1.54) is 57.8 Å². The lowest BCUT2D eigenvalue weighted by atomic mass is 10.2. The van der Waals surface area contributed by atoms with Crippen LogP contribution in [-0.2, 0) is 9.53 Å². The second-order valence-corrected chi connectivity index (χ2v) is 6.89. The Balaban J connectivity index is 0. The van der Waals surface area contributed by atoms with Crippen molar-refractivity contribution in [2.45, 2.75) is 90.1 Å². The number of aliphatic hydroxyl groups excluding tert-OH is 2. The molecule has 0 heterocycles. The van der Waals surface area contributed by atoms with Gasteiger partial charge in [0.05, 0.1) is 13.2 Å². The van der Waals surface area contributed by atoms with Crippen molar-refractivity contribution in [3.8, 4) is 0 Å². The van der Waals surface area contributed by atoms with Crippen molar-refractivity contribution in [3.63, 3.8) is 0 Å². The van der Waals surface area contributed by atoms with Crippen molar-refractivity contribution in [3.05, 3.63) is 49.1 Å². The summed E-state index contributed by atoms with van der Waals surface area (Å²) in [5, 5.41) is 16.4. The van der Waals surface area contributed by atoms with Gasteiger partial charge in [0.25, 0.3) is 6.47 Å². The molecule has 0 saturated heterocycles. The van der Waals surface area contributed by atoms with Crippen molar-refractivity contribution in [2.24, 2.45) is 0 Å². The van der Waals surface area contributed by atoms with Crippen LogP contribution in [0.2, 0.25) is 0 Å². The highest BCUT2D eigenvalue weighted by molar-refractivity contribution is 5.37. The summed E-state index contributed by atoms with van der Waals surface area (Å²) in [6.45, 7) is 5.43. The second kappa shape index (κ2) is 28.6. The van der Waals surface area contributed by atoms with E-state index in [2.05, 4.69) is 54.7 Å². The molecule has 2 N–H and O–H groups in total. The summed E-state index contributed by atoms with van der Waals surface area (Å²) in [4.78, 5) is 9.49. The van der Waals surface area contributed by atoms with Gasteiger partial charge in [-0.3, -0.25) is 4.79 Å². The van der Waals surface area contributed by atoms with Gasteiger partial charge in [0.15, 0.2) is 0 Å². The Morgan fingerprint density at radius 3 is 1.69 bits per heavy atom. The number of unbranched alkanes of at least 4 members (excludes halogenated alkanes) is 3. The van der Waals surface area contributed by atoms with Gasteiger partial charge in [0, 0.05) is 0 Å². The Bertz CT molecular complexity index is 397. The first-order valence-electron chi connectivity index (χ1n) is 11.1. The Morgan fingerprint density at radius 2 is 1.31 bits per heavy atom. The molecule has 1 aliphatic carbocycles. The largest absolute Gasteiger partial charge is 0.460 e. The molecule has 29 heavy (non-hydrogen) atoms. The molecule has 1 saturated carbocycles.